The van der Waals surface area contributed by atoms with Crippen molar-refractivity contribution in [2.45, 2.75) is 12.3 Å². The molecular weight excluding hydrogens is 251 g/mol. The molecule has 0 atom stereocenters. The maximum absolute atomic E-state index is 13.6. The predicted molar refractivity (Wildman–Crippen MR) is 59.2 cm³/mol. The molecule has 0 spiro atoms. The van der Waals surface area contributed by atoms with Crippen LogP contribution < -0.4 is 0 Å². The average Bonchev–Trinajstić information content (AvgIpc) is 2.44. The fourth-order valence-electron chi connectivity index (χ4n) is 1.32. The van der Waals surface area contributed by atoms with Gasteiger partial charge in [-0.05, 0) is 19.1 Å². The van der Waals surface area contributed by atoms with Gasteiger partial charge in [-0.15, -0.1) is 11.3 Å². The molecule has 1 heterocycles. The summed E-state index contributed by atoms with van der Waals surface area (Å²) >= 11 is 4.79. The van der Waals surface area contributed by atoms with Crippen LogP contribution in [-0.2, 0) is 5.33 Å². The molecule has 68 valence electrons. The van der Waals surface area contributed by atoms with E-state index in [1.165, 1.54) is 11.3 Å². The summed E-state index contributed by atoms with van der Waals surface area (Å²) in [6, 6.07) is 5.88. The van der Waals surface area contributed by atoms with E-state index in [-0.39, 0.29) is 5.82 Å². The molecule has 0 amide bonds. The van der Waals surface area contributed by atoms with Crippen LogP contribution in [0, 0.1) is 12.7 Å². The highest BCUT2D eigenvalue weighted by Crippen LogP contribution is 2.31. The molecule has 0 unspecified atom stereocenters. The van der Waals surface area contributed by atoms with E-state index in [0.717, 1.165) is 20.5 Å². The van der Waals surface area contributed by atoms with E-state index in [4.69, 9.17) is 0 Å². The van der Waals surface area contributed by atoms with Gasteiger partial charge in [-0.25, -0.2) is 4.39 Å². The van der Waals surface area contributed by atoms with Gasteiger partial charge in [-0.1, -0.05) is 27.6 Å². The Hall–Kier alpha value is -0.410. The summed E-state index contributed by atoms with van der Waals surface area (Å²) in [5.74, 6) is -0.0689. The number of hydrogen-bond acceptors (Lipinski definition) is 1. The van der Waals surface area contributed by atoms with Gasteiger partial charge in [0.1, 0.15) is 5.82 Å². The normalized spacial score (nSPS) is 11.0. The Morgan fingerprint density at radius 2 is 2.23 bits per heavy atom. The quantitative estimate of drug-likeness (QED) is 0.672. The summed E-state index contributed by atoms with van der Waals surface area (Å²) < 4.78 is 14.6. The molecule has 0 fully saturated rings. The Balaban J connectivity index is 2.77. The van der Waals surface area contributed by atoms with E-state index < -0.39 is 0 Å². The van der Waals surface area contributed by atoms with Gasteiger partial charge >= 0.3 is 0 Å². The van der Waals surface area contributed by atoms with Crippen molar-refractivity contribution in [1.82, 2.24) is 0 Å². The van der Waals surface area contributed by atoms with Gasteiger partial charge in [0.05, 0.1) is 4.88 Å². The first kappa shape index (κ1) is 9.16. The van der Waals surface area contributed by atoms with Gasteiger partial charge in [0.2, 0.25) is 0 Å². The first-order valence-corrected chi connectivity index (χ1v) is 5.89. The highest BCUT2D eigenvalue weighted by Gasteiger charge is 2.10. The maximum atomic E-state index is 13.6. The fourth-order valence-corrected chi connectivity index (χ4v) is 2.82. The van der Waals surface area contributed by atoms with Crippen molar-refractivity contribution in [3.63, 3.8) is 0 Å². The van der Waals surface area contributed by atoms with Gasteiger partial charge in [0.15, 0.2) is 0 Å². The summed E-state index contributed by atoms with van der Waals surface area (Å²) in [6.45, 7) is 1.98. The molecule has 2 rings (SSSR count). The van der Waals surface area contributed by atoms with Crippen LogP contribution in [0.4, 0.5) is 4.39 Å². The molecule has 0 nitrogen and oxygen atoms in total. The van der Waals surface area contributed by atoms with E-state index in [1.807, 2.05) is 25.1 Å². The molecular formula is C10H8BrFS. The molecule has 0 aliphatic heterocycles. The monoisotopic (exact) mass is 258 g/mol. The van der Waals surface area contributed by atoms with Crippen molar-refractivity contribution >= 4 is 37.4 Å². The first-order chi connectivity index (χ1) is 6.22. The van der Waals surface area contributed by atoms with E-state index >= 15 is 0 Å². The number of benzene rings is 1. The molecule has 0 aliphatic carbocycles. The van der Waals surface area contributed by atoms with Crippen LogP contribution >= 0.6 is 27.3 Å². The van der Waals surface area contributed by atoms with E-state index in [9.17, 15) is 4.39 Å². The van der Waals surface area contributed by atoms with E-state index in [2.05, 4.69) is 15.9 Å². The van der Waals surface area contributed by atoms with Crippen molar-refractivity contribution in [3.8, 4) is 0 Å². The number of alkyl halides is 1. The summed E-state index contributed by atoms with van der Waals surface area (Å²) in [5, 5.41) is 1.34. The molecule has 0 N–H and O–H groups in total. The van der Waals surface area contributed by atoms with Gasteiger partial charge in [-0.2, -0.15) is 0 Å². The second-order valence-corrected chi connectivity index (χ2v) is 4.67. The lowest BCUT2D eigenvalue weighted by Gasteiger charge is -1.91. The minimum atomic E-state index is -0.0689. The van der Waals surface area contributed by atoms with Crippen LogP contribution in [-0.4, -0.2) is 0 Å². The predicted octanol–water partition coefficient (Wildman–Crippen LogP) is 4.24. The zero-order chi connectivity index (χ0) is 9.42. The van der Waals surface area contributed by atoms with Gasteiger partial charge in [0.25, 0.3) is 0 Å². The molecule has 1 aromatic heterocycles. The number of fused-ring (bicyclic) bond motifs is 1. The van der Waals surface area contributed by atoms with Crippen LogP contribution in [0.1, 0.15) is 10.4 Å². The highest BCUT2D eigenvalue weighted by molar-refractivity contribution is 9.08. The van der Waals surface area contributed by atoms with Crippen LogP contribution in [0.25, 0.3) is 10.1 Å². The summed E-state index contributed by atoms with van der Waals surface area (Å²) in [7, 11) is 0. The number of halogens is 2. The highest BCUT2D eigenvalue weighted by atomic mass is 79.9. The minimum absolute atomic E-state index is 0.0689. The Morgan fingerprint density at radius 3 is 2.92 bits per heavy atom. The Bertz CT molecular complexity index is 447. The van der Waals surface area contributed by atoms with Gasteiger partial charge in [-0.3, -0.25) is 0 Å². The van der Waals surface area contributed by atoms with Crippen LogP contribution in [0.3, 0.4) is 0 Å². The van der Waals surface area contributed by atoms with Gasteiger partial charge in [0, 0.05) is 15.4 Å². The van der Waals surface area contributed by atoms with E-state index in [0.29, 0.717) is 5.33 Å². The Morgan fingerprint density at radius 1 is 1.46 bits per heavy atom. The van der Waals surface area contributed by atoms with E-state index in [1.54, 1.807) is 0 Å². The molecule has 3 heteroatoms. The zero-order valence-corrected chi connectivity index (χ0v) is 9.51. The van der Waals surface area contributed by atoms with Crippen LogP contribution in [0.15, 0.2) is 18.2 Å². The molecule has 13 heavy (non-hydrogen) atoms. The van der Waals surface area contributed by atoms with Crippen LogP contribution in [0.5, 0.6) is 0 Å². The van der Waals surface area contributed by atoms with Crippen molar-refractivity contribution in [1.29, 1.82) is 0 Å². The van der Waals surface area contributed by atoms with Crippen molar-refractivity contribution < 1.29 is 4.39 Å². The lowest BCUT2D eigenvalue weighted by molar-refractivity contribution is 0.636. The number of thiophene rings is 1. The zero-order valence-electron chi connectivity index (χ0n) is 7.10. The fraction of sp³-hybridized carbons (Fsp3) is 0.200. The number of aryl methyl sites for hydroxylation is 1. The third-order valence-electron chi connectivity index (χ3n) is 1.97. The molecule has 0 saturated carbocycles. The maximum Gasteiger partial charge on any atom is 0.145 e. The first-order valence-electron chi connectivity index (χ1n) is 3.96. The number of hydrogen-bond donors (Lipinski definition) is 0. The summed E-state index contributed by atoms with van der Waals surface area (Å²) in [5.41, 5.74) is 1.10. The molecule has 0 bridgehead atoms. The smallest absolute Gasteiger partial charge is 0.145 e. The summed E-state index contributed by atoms with van der Waals surface area (Å²) in [6.07, 6.45) is 0. The average molecular weight is 259 g/mol. The minimum Gasteiger partial charge on any atom is -0.205 e. The lowest BCUT2D eigenvalue weighted by atomic mass is 10.2. The number of rotatable bonds is 1. The van der Waals surface area contributed by atoms with Crippen molar-refractivity contribution in [3.05, 3.63) is 34.5 Å². The topological polar surface area (TPSA) is 0 Å². The SMILES string of the molecule is Cc1ccc2sc(CBr)c(F)c2c1. The van der Waals surface area contributed by atoms with Gasteiger partial charge < -0.3 is 0 Å². The molecule has 0 radical (unpaired) electrons. The largest absolute Gasteiger partial charge is 0.205 e. The van der Waals surface area contributed by atoms with Crippen molar-refractivity contribution in [2.24, 2.45) is 0 Å². The standard InChI is InChI=1S/C10H8BrFS/c1-6-2-3-8-7(4-6)10(12)9(5-11)13-8/h2-4H,5H2,1H3. The molecule has 0 saturated heterocycles. The second-order valence-electron chi connectivity index (χ2n) is 2.97. The lowest BCUT2D eigenvalue weighted by Crippen LogP contribution is -1.76. The Labute approximate surface area is 88.5 Å². The molecule has 1 aromatic carbocycles. The Kier molecular flexibility index (Phi) is 2.39. The van der Waals surface area contributed by atoms with Crippen LogP contribution in [0.2, 0.25) is 0 Å². The third kappa shape index (κ3) is 1.51. The third-order valence-corrected chi connectivity index (χ3v) is 4.05. The molecule has 2 aromatic rings. The second kappa shape index (κ2) is 3.39. The van der Waals surface area contributed by atoms with Crippen molar-refractivity contribution in [2.75, 3.05) is 0 Å². The molecule has 0 aliphatic rings. The summed E-state index contributed by atoms with van der Waals surface area (Å²) in [4.78, 5) is 0.778.